The lowest BCUT2D eigenvalue weighted by Gasteiger charge is -2.33. The van der Waals surface area contributed by atoms with E-state index in [4.69, 9.17) is 11.6 Å². The Morgan fingerprint density at radius 1 is 1.10 bits per heavy atom. The molecule has 110 valence electrons. The van der Waals surface area contributed by atoms with Gasteiger partial charge in [0.25, 0.3) is 0 Å². The number of nitrogens with one attached hydrogen (secondary N) is 1. The summed E-state index contributed by atoms with van der Waals surface area (Å²) in [5.74, 6) is 1.06. The molecule has 0 amide bonds. The number of nitrogens with zero attached hydrogens (tertiary/aromatic N) is 2. The van der Waals surface area contributed by atoms with Crippen LogP contribution in [-0.2, 0) is 0 Å². The van der Waals surface area contributed by atoms with Gasteiger partial charge in [0.2, 0.25) is 0 Å². The van der Waals surface area contributed by atoms with E-state index < -0.39 is 0 Å². The third kappa shape index (κ3) is 2.60. The SMILES string of the molecule is Clc1ccc(C2CNCCC2c2cncn2C2CC2)cc1. The molecule has 1 N–H and O–H groups in total. The number of hydrogen-bond acceptors (Lipinski definition) is 2. The Bertz CT molecular complexity index is 615. The maximum atomic E-state index is 6.03. The van der Waals surface area contributed by atoms with Crippen LogP contribution in [0.4, 0.5) is 0 Å². The Morgan fingerprint density at radius 2 is 1.90 bits per heavy atom. The number of rotatable bonds is 3. The zero-order valence-corrected chi connectivity index (χ0v) is 12.8. The molecule has 2 aliphatic rings. The van der Waals surface area contributed by atoms with Crippen molar-refractivity contribution in [2.24, 2.45) is 0 Å². The molecule has 1 aliphatic heterocycles. The summed E-state index contributed by atoms with van der Waals surface area (Å²) in [5, 5.41) is 4.35. The molecule has 1 aromatic carbocycles. The number of benzene rings is 1. The molecule has 2 aromatic rings. The molecule has 0 bridgehead atoms. The van der Waals surface area contributed by atoms with E-state index in [2.05, 4.69) is 33.2 Å². The molecule has 0 radical (unpaired) electrons. The quantitative estimate of drug-likeness (QED) is 0.936. The Hall–Kier alpha value is -1.32. The summed E-state index contributed by atoms with van der Waals surface area (Å²) in [6.45, 7) is 2.12. The molecule has 2 unspecified atom stereocenters. The van der Waals surface area contributed by atoms with Gasteiger partial charge in [0.1, 0.15) is 0 Å². The Morgan fingerprint density at radius 3 is 2.67 bits per heavy atom. The summed E-state index contributed by atoms with van der Waals surface area (Å²) >= 11 is 6.03. The largest absolute Gasteiger partial charge is 0.331 e. The fourth-order valence-electron chi connectivity index (χ4n) is 3.53. The van der Waals surface area contributed by atoms with Crippen molar-refractivity contribution in [3.05, 3.63) is 53.1 Å². The molecule has 3 nitrogen and oxygen atoms in total. The van der Waals surface area contributed by atoms with Gasteiger partial charge < -0.3 is 9.88 Å². The maximum absolute atomic E-state index is 6.03. The predicted octanol–water partition coefficient (Wildman–Crippen LogP) is 3.73. The fourth-order valence-corrected chi connectivity index (χ4v) is 3.66. The zero-order chi connectivity index (χ0) is 14.2. The predicted molar refractivity (Wildman–Crippen MR) is 84.9 cm³/mol. The van der Waals surface area contributed by atoms with Crippen LogP contribution in [0.25, 0.3) is 0 Å². The van der Waals surface area contributed by atoms with Crippen LogP contribution in [0.2, 0.25) is 5.02 Å². The molecule has 1 aliphatic carbocycles. The van der Waals surface area contributed by atoms with E-state index in [1.165, 1.54) is 30.5 Å². The maximum Gasteiger partial charge on any atom is 0.0950 e. The first kappa shape index (κ1) is 13.4. The molecular weight excluding hydrogens is 282 g/mol. The monoisotopic (exact) mass is 301 g/mol. The van der Waals surface area contributed by atoms with Crippen molar-refractivity contribution in [1.29, 1.82) is 0 Å². The van der Waals surface area contributed by atoms with Gasteiger partial charge in [-0.2, -0.15) is 0 Å². The van der Waals surface area contributed by atoms with Crippen molar-refractivity contribution >= 4 is 11.6 Å². The minimum Gasteiger partial charge on any atom is -0.331 e. The van der Waals surface area contributed by atoms with Crippen molar-refractivity contribution in [1.82, 2.24) is 14.9 Å². The van der Waals surface area contributed by atoms with Crippen LogP contribution in [0.1, 0.15) is 48.4 Å². The van der Waals surface area contributed by atoms with E-state index in [0.29, 0.717) is 17.9 Å². The molecule has 0 spiro atoms. The highest BCUT2D eigenvalue weighted by Gasteiger charge is 2.33. The lowest BCUT2D eigenvalue weighted by atomic mass is 9.79. The number of halogens is 1. The van der Waals surface area contributed by atoms with Crippen LogP contribution in [0.15, 0.2) is 36.8 Å². The van der Waals surface area contributed by atoms with Crippen molar-refractivity contribution in [3.63, 3.8) is 0 Å². The molecule has 4 heteroatoms. The first-order valence-corrected chi connectivity index (χ1v) is 8.18. The summed E-state index contributed by atoms with van der Waals surface area (Å²) in [6, 6.07) is 9.04. The van der Waals surface area contributed by atoms with Crippen LogP contribution in [-0.4, -0.2) is 22.6 Å². The molecule has 1 saturated heterocycles. The van der Waals surface area contributed by atoms with Gasteiger partial charge in [0, 0.05) is 41.3 Å². The van der Waals surface area contributed by atoms with E-state index >= 15 is 0 Å². The van der Waals surface area contributed by atoms with E-state index in [1.807, 2.05) is 18.5 Å². The highest BCUT2D eigenvalue weighted by molar-refractivity contribution is 6.30. The van der Waals surface area contributed by atoms with E-state index in [-0.39, 0.29) is 0 Å². The number of hydrogen-bond donors (Lipinski definition) is 1. The van der Waals surface area contributed by atoms with Gasteiger partial charge >= 0.3 is 0 Å². The molecule has 2 atom stereocenters. The molecule has 1 aromatic heterocycles. The molecule has 2 heterocycles. The highest BCUT2D eigenvalue weighted by atomic mass is 35.5. The highest BCUT2D eigenvalue weighted by Crippen LogP contribution is 2.42. The number of piperidine rings is 1. The average Bonchev–Trinajstić information content (AvgIpc) is 3.25. The average molecular weight is 302 g/mol. The van der Waals surface area contributed by atoms with Crippen molar-refractivity contribution in [2.45, 2.75) is 37.1 Å². The van der Waals surface area contributed by atoms with Crippen LogP contribution in [0, 0.1) is 0 Å². The summed E-state index contributed by atoms with van der Waals surface area (Å²) < 4.78 is 2.42. The molecule has 21 heavy (non-hydrogen) atoms. The summed E-state index contributed by atoms with van der Waals surface area (Å²) in [7, 11) is 0. The van der Waals surface area contributed by atoms with Gasteiger partial charge in [0.15, 0.2) is 0 Å². The van der Waals surface area contributed by atoms with Gasteiger partial charge in [-0.1, -0.05) is 23.7 Å². The number of imidazole rings is 1. The summed E-state index contributed by atoms with van der Waals surface area (Å²) in [4.78, 5) is 4.42. The normalized spacial score (nSPS) is 26.0. The third-order valence-corrected chi connectivity index (χ3v) is 5.05. The van der Waals surface area contributed by atoms with Gasteiger partial charge in [-0.3, -0.25) is 0 Å². The minimum atomic E-state index is 0.505. The zero-order valence-electron chi connectivity index (χ0n) is 12.0. The summed E-state index contributed by atoms with van der Waals surface area (Å²) in [5.41, 5.74) is 2.79. The lowest BCUT2D eigenvalue weighted by molar-refractivity contribution is 0.388. The van der Waals surface area contributed by atoms with Crippen LogP contribution in [0.3, 0.4) is 0 Å². The Labute approximate surface area is 130 Å². The van der Waals surface area contributed by atoms with E-state index in [1.54, 1.807) is 0 Å². The second-order valence-electron chi connectivity index (χ2n) is 6.21. The first-order valence-electron chi connectivity index (χ1n) is 7.81. The van der Waals surface area contributed by atoms with Crippen molar-refractivity contribution in [3.8, 4) is 0 Å². The van der Waals surface area contributed by atoms with E-state index in [0.717, 1.165) is 18.1 Å². The van der Waals surface area contributed by atoms with Gasteiger partial charge in [-0.15, -0.1) is 0 Å². The lowest BCUT2D eigenvalue weighted by Crippen LogP contribution is -2.34. The van der Waals surface area contributed by atoms with Gasteiger partial charge in [0.05, 0.1) is 6.33 Å². The van der Waals surface area contributed by atoms with Crippen LogP contribution < -0.4 is 5.32 Å². The number of aromatic nitrogens is 2. The van der Waals surface area contributed by atoms with Crippen LogP contribution >= 0.6 is 11.6 Å². The van der Waals surface area contributed by atoms with Gasteiger partial charge in [-0.05, 0) is 43.5 Å². The minimum absolute atomic E-state index is 0.505. The molecule has 4 rings (SSSR count). The van der Waals surface area contributed by atoms with Crippen LogP contribution in [0.5, 0.6) is 0 Å². The smallest absolute Gasteiger partial charge is 0.0950 e. The summed E-state index contributed by atoms with van der Waals surface area (Å²) in [6.07, 6.45) is 7.89. The van der Waals surface area contributed by atoms with Crippen molar-refractivity contribution in [2.75, 3.05) is 13.1 Å². The molecule has 1 saturated carbocycles. The molecule has 2 fully saturated rings. The second kappa shape index (κ2) is 5.47. The third-order valence-electron chi connectivity index (χ3n) is 4.80. The Balaban J connectivity index is 1.67. The second-order valence-corrected chi connectivity index (χ2v) is 6.65. The standard InChI is InChI=1S/C17H20ClN3/c18-13-3-1-12(2-4-13)16-9-19-8-7-15(16)17-10-20-11-21(17)14-5-6-14/h1-4,10-11,14-16,19H,5-9H2. The van der Waals surface area contributed by atoms with E-state index in [9.17, 15) is 0 Å². The topological polar surface area (TPSA) is 29.9 Å². The fraction of sp³-hybridized carbons (Fsp3) is 0.471. The first-order chi connectivity index (χ1) is 10.3. The van der Waals surface area contributed by atoms with Crippen molar-refractivity contribution < 1.29 is 0 Å². The molecular formula is C17H20ClN3. The Kier molecular flexibility index (Phi) is 3.48. The van der Waals surface area contributed by atoms with Gasteiger partial charge in [-0.25, -0.2) is 4.98 Å².